The molecule has 0 fully saturated rings. The first kappa shape index (κ1) is 11.4. The van der Waals surface area contributed by atoms with E-state index in [0.29, 0.717) is 4.47 Å². The first-order valence-corrected chi connectivity index (χ1v) is 4.76. The van der Waals surface area contributed by atoms with Crippen molar-refractivity contribution in [3.05, 3.63) is 32.8 Å². The van der Waals surface area contributed by atoms with Crippen molar-refractivity contribution >= 4 is 33.2 Å². The maximum Gasteiger partial charge on any atom is 0.293 e. The number of nitrogens with two attached hydrogens (primary N) is 1. The second kappa shape index (κ2) is 4.74. The second-order valence-electron chi connectivity index (χ2n) is 2.74. The highest BCUT2D eigenvalue weighted by atomic mass is 79.9. The predicted molar refractivity (Wildman–Crippen MR) is 58.5 cm³/mol. The van der Waals surface area contributed by atoms with E-state index >= 15 is 0 Å². The van der Waals surface area contributed by atoms with Crippen molar-refractivity contribution in [3.8, 4) is 0 Å². The van der Waals surface area contributed by atoms with Crippen LogP contribution in [0.15, 0.2) is 22.7 Å². The van der Waals surface area contributed by atoms with Gasteiger partial charge in [-0.05, 0) is 12.1 Å². The van der Waals surface area contributed by atoms with Gasteiger partial charge in [-0.25, -0.2) is 0 Å². The molecule has 0 bridgehead atoms. The van der Waals surface area contributed by atoms with E-state index in [9.17, 15) is 14.9 Å². The van der Waals surface area contributed by atoms with Crippen LogP contribution in [0.1, 0.15) is 0 Å². The molecule has 1 amide bonds. The Balaban J connectivity index is 2.95. The molecule has 1 rings (SSSR count). The van der Waals surface area contributed by atoms with Crippen LogP contribution in [0.4, 0.5) is 11.4 Å². The smallest absolute Gasteiger partial charge is 0.293 e. The van der Waals surface area contributed by atoms with Gasteiger partial charge in [-0.2, -0.15) is 0 Å². The summed E-state index contributed by atoms with van der Waals surface area (Å²) in [6, 6.07) is 4.49. The Morgan fingerprint density at radius 2 is 2.27 bits per heavy atom. The molecule has 0 saturated carbocycles. The zero-order valence-electron chi connectivity index (χ0n) is 7.57. The summed E-state index contributed by atoms with van der Waals surface area (Å²) in [5.74, 6) is -0.577. The molecule has 3 N–H and O–H groups in total. The number of carbonyl (C=O) groups excluding carboxylic acids is 1. The predicted octanol–water partition coefficient (Wildman–Crippen LogP) is 1.25. The Morgan fingerprint density at radius 3 is 2.80 bits per heavy atom. The number of benzene rings is 1. The summed E-state index contributed by atoms with van der Waals surface area (Å²) in [5.41, 5.74) is 5.08. The van der Waals surface area contributed by atoms with Crippen molar-refractivity contribution in [1.29, 1.82) is 0 Å². The Morgan fingerprint density at radius 1 is 1.60 bits per heavy atom. The fraction of sp³-hybridized carbons (Fsp3) is 0.125. The molecule has 0 aliphatic carbocycles. The van der Waals surface area contributed by atoms with E-state index < -0.39 is 10.8 Å². The molecule has 0 spiro atoms. The van der Waals surface area contributed by atoms with Crippen molar-refractivity contribution in [2.24, 2.45) is 5.73 Å². The van der Waals surface area contributed by atoms with Crippen LogP contribution >= 0.6 is 15.9 Å². The number of nitrogens with zero attached hydrogens (tertiary/aromatic N) is 1. The minimum Gasteiger partial charge on any atom is -0.371 e. The number of halogens is 1. The Kier molecular flexibility index (Phi) is 3.62. The monoisotopic (exact) mass is 273 g/mol. The van der Waals surface area contributed by atoms with Crippen LogP contribution in [-0.2, 0) is 4.79 Å². The molecule has 0 radical (unpaired) electrons. The highest BCUT2D eigenvalue weighted by Crippen LogP contribution is 2.27. The van der Waals surface area contributed by atoms with E-state index in [2.05, 4.69) is 21.2 Å². The highest BCUT2D eigenvalue weighted by Gasteiger charge is 2.13. The van der Waals surface area contributed by atoms with Gasteiger partial charge < -0.3 is 11.1 Å². The third kappa shape index (κ3) is 3.21. The van der Waals surface area contributed by atoms with Gasteiger partial charge in [-0.1, -0.05) is 15.9 Å². The molecule has 1 aromatic carbocycles. The first-order valence-electron chi connectivity index (χ1n) is 3.97. The van der Waals surface area contributed by atoms with Gasteiger partial charge in [-0.3, -0.25) is 14.9 Å². The van der Waals surface area contributed by atoms with Crippen molar-refractivity contribution in [2.45, 2.75) is 0 Å². The molecule has 0 unspecified atom stereocenters. The van der Waals surface area contributed by atoms with Crippen molar-refractivity contribution in [1.82, 2.24) is 0 Å². The van der Waals surface area contributed by atoms with Gasteiger partial charge in [0.25, 0.3) is 5.69 Å². The maximum atomic E-state index is 10.6. The molecule has 0 atom stereocenters. The molecule has 0 aliphatic heterocycles. The summed E-state index contributed by atoms with van der Waals surface area (Å²) in [4.78, 5) is 20.6. The first-order chi connectivity index (χ1) is 7.00. The lowest BCUT2D eigenvalue weighted by Gasteiger charge is -2.04. The molecule has 80 valence electrons. The number of nitrogens with one attached hydrogen (secondary N) is 1. The van der Waals surface area contributed by atoms with Crippen molar-refractivity contribution < 1.29 is 9.72 Å². The molecule has 0 heterocycles. The zero-order valence-corrected chi connectivity index (χ0v) is 9.15. The standard InChI is InChI=1S/C8H8BrN3O3/c9-5-1-2-6(11-4-8(10)13)7(3-5)12(14)15/h1-3,11H,4H2,(H2,10,13). The Bertz CT molecular complexity index is 408. The molecule has 0 aliphatic rings. The maximum absolute atomic E-state index is 10.6. The Labute approximate surface area is 93.7 Å². The lowest BCUT2D eigenvalue weighted by atomic mass is 10.2. The summed E-state index contributed by atoms with van der Waals surface area (Å²) in [5, 5.41) is 13.2. The van der Waals surface area contributed by atoms with E-state index in [1.807, 2.05) is 0 Å². The minimum absolute atomic E-state index is 0.106. The molecular weight excluding hydrogens is 266 g/mol. The number of amides is 1. The summed E-state index contributed by atoms with van der Waals surface area (Å²) in [6.45, 7) is -0.136. The molecule has 0 saturated heterocycles. The van der Waals surface area contributed by atoms with E-state index in [1.54, 1.807) is 6.07 Å². The van der Waals surface area contributed by atoms with Crippen LogP contribution in [-0.4, -0.2) is 17.4 Å². The van der Waals surface area contributed by atoms with Gasteiger partial charge in [-0.15, -0.1) is 0 Å². The highest BCUT2D eigenvalue weighted by molar-refractivity contribution is 9.10. The fourth-order valence-corrected chi connectivity index (χ4v) is 1.34. The van der Waals surface area contributed by atoms with Gasteiger partial charge in [0, 0.05) is 10.5 Å². The third-order valence-corrected chi connectivity index (χ3v) is 2.10. The van der Waals surface area contributed by atoms with Gasteiger partial charge in [0.2, 0.25) is 5.91 Å². The molecule has 0 aromatic heterocycles. The largest absolute Gasteiger partial charge is 0.371 e. The molecule has 15 heavy (non-hydrogen) atoms. The molecule has 7 heteroatoms. The lowest BCUT2D eigenvalue weighted by Crippen LogP contribution is -2.22. The van der Waals surface area contributed by atoms with Crippen LogP contribution in [0.2, 0.25) is 0 Å². The van der Waals surface area contributed by atoms with E-state index in [4.69, 9.17) is 5.73 Å². The average molecular weight is 274 g/mol. The van der Waals surface area contributed by atoms with Crippen LogP contribution in [0.5, 0.6) is 0 Å². The fourth-order valence-electron chi connectivity index (χ4n) is 0.988. The van der Waals surface area contributed by atoms with Gasteiger partial charge >= 0.3 is 0 Å². The second-order valence-corrected chi connectivity index (χ2v) is 3.65. The van der Waals surface area contributed by atoms with E-state index in [0.717, 1.165) is 0 Å². The van der Waals surface area contributed by atoms with Crippen LogP contribution in [0.25, 0.3) is 0 Å². The number of carbonyl (C=O) groups is 1. The summed E-state index contributed by atoms with van der Waals surface area (Å²) in [6.07, 6.45) is 0. The molecule has 1 aromatic rings. The minimum atomic E-state index is -0.577. The summed E-state index contributed by atoms with van der Waals surface area (Å²) in [7, 11) is 0. The number of hydrogen-bond donors (Lipinski definition) is 2. The zero-order chi connectivity index (χ0) is 11.4. The normalized spacial score (nSPS) is 9.67. The van der Waals surface area contributed by atoms with Gasteiger partial charge in [0.1, 0.15) is 5.69 Å². The van der Waals surface area contributed by atoms with Crippen molar-refractivity contribution in [3.63, 3.8) is 0 Å². The summed E-state index contributed by atoms with van der Waals surface area (Å²) >= 11 is 3.12. The third-order valence-electron chi connectivity index (χ3n) is 1.61. The summed E-state index contributed by atoms with van der Waals surface area (Å²) < 4.78 is 0.596. The Hall–Kier alpha value is -1.63. The number of hydrogen-bond acceptors (Lipinski definition) is 4. The van der Waals surface area contributed by atoms with Crippen LogP contribution in [0, 0.1) is 10.1 Å². The SMILES string of the molecule is NC(=O)CNc1ccc(Br)cc1[N+](=O)[O-]. The molecule has 6 nitrogen and oxygen atoms in total. The van der Waals surface area contributed by atoms with Gasteiger partial charge in [0.05, 0.1) is 11.5 Å². The van der Waals surface area contributed by atoms with Crippen molar-refractivity contribution in [2.75, 3.05) is 11.9 Å². The number of primary amides is 1. The van der Waals surface area contributed by atoms with Crippen LogP contribution in [0.3, 0.4) is 0 Å². The van der Waals surface area contributed by atoms with E-state index in [1.165, 1.54) is 12.1 Å². The topological polar surface area (TPSA) is 98.3 Å². The van der Waals surface area contributed by atoms with Crippen LogP contribution < -0.4 is 11.1 Å². The molecular formula is C8H8BrN3O3. The number of nitro benzene ring substituents is 1. The number of rotatable bonds is 4. The lowest BCUT2D eigenvalue weighted by molar-refractivity contribution is -0.384. The average Bonchev–Trinajstić information content (AvgIpc) is 2.15. The van der Waals surface area contributed by atoms with Gasteiger partial charge in [0.15, 0.2) is 0 Å². The quantitative estimate of drug-likeness (QED) is 0.637. The number of nitro groups is 1. The van der Waals surface area contributed by atoms with E-state index in [-0.39, 0.29) is 17.9 Å². The number of anilines is 1.